The largest absolute Gasteiger partial charge is 0.481 e. The fourth-order valence-electron chi connectivity index (χ4n) is 2.45. The number of anilines is 1. The monoisotopic (exact) mass is 280 g/mol. The van der Waals surface area contributed by atoms with Crippen molar-refractivity contribution >= 4 is 17.7 Å². The van der Waals surface area contributed by atoms with Crippen LogP contribution in [0.3, 0.4) is 0 Å². The van der Waals surface area contributed by atoms with Crippen LogP contribution >= 0.6 is 0 Å². The Morgan fingerprint density at radius 1 is 1.55 bits per heavy atom. The summed E-state index contributed by atoms with van der Waals surface area (Å²) in [5.41, 5.74) is -0.219. The number of carboxylic acids is 1. The molecule has 1 aliphatic heterocycles. The van der Waals surface area contributed by atoms with E-state index in [0.717, 1.165) is 12.8 Å². The molecule has 0 bridgehead atoms. The summed E-state index contributed by atoms with van der Waals surface area (Å²) in [6, 6.07) is -0.211. The summed E-state index contributed by atoms with van der Waals surface area (Å²) < 4.78 is 0. The quantitative estimate of drug-likeness (QED) is 0.785. The van der Waals surface area contributed by atoms with Gasteiger partial charge in [0.05, 0.1) is 17.3 Å². The van der Waals surface area contributed by atoms with Gasteiger partial charge in [0.25, 0.3) is 0 Å². The van der Waals surface area contributed by atoms with Gasteiger partial charge in [-0.2, -0.15) is 5.10 Å². The highest BCUT2D eigenvalue weighted by molar-refractivity contribution is 5.89. The third-order valence-corrected chi connectivity index (χ3v) is 4.03. The maximum absolute atomic E-state index is 12.1. The van der Waals surface area contributed by atoms with E-state index in [0.29, 0.717) is 18.8 Å². The van der Waals surface area contributed by atoms with Crippen LogP contribution in [0.2, 0.25) is 0 Å². The first kappa shape index (κ1) is 14.4. The number of carbonyl (C=O) groups is 2. The number of nitrogens with one attached hydrogen (secondary N) is 2. The van der Waals surface area contributed by atoms with Gasteiger partial charge in [-0.1, -0.05) is 0 Å². The number of hydrogen-bond acceptors (Lipinski definition) is 3. The van der Waals surface area contributed by atoms with Crippen molar-refractivity contribution in [1.29, 1.82) is 0 Å². The van der Waals surface area contributed by atoms with E-state index in [4.69, 9.17) is 0 Å². The highest BCUT2D eigenvalue weighted by atomic mass is 16.4. The molecule has 1 fully saturated rings. The normalized spacial score (nSPS) is 19.7. The predicted molar refractivity (Wildman–Crippen MR) is 73.3 cm³/mol. The Hall–Kier alpha value is -2.05. The highest BCUT2D eigenvalue weighted by Gasteiger charge is 2.40. The number of hydrogen-bond donors (Lipinski definition) is 3. The molecule has 0 spiro atoms. The van der Waals surface area contributed by atoms with E-state index < -0.39 is 11.4 Å². The van der Waals surface area contributed by atoms with Crippen molar-refractivity contribution in [3.05, 3.63) is 12.4 Å². The first-order valence-corrected chi connectivity index (χ1v) is 6.69. The molecule has 7 heteroatoms. The van der Waals surface area contributed by atoms with Gasteiger partial charge < -0.3 is 15.3 Å². The van der Waals surface area contributed by atoms with E-state index in [9.17, 15) is 14.7 Å². The Bertz CT molecular complexity index is 484. The molecule has 3 N–H and O–H groups in total. The average molecular weight is 280 g/mol. The minimum atomic E-state index is -0.825. The van der Waals surface area contributed by atoms with Crippen molar-refractivity contribution in [2.45, 2.75) is 26.7 Å². The Balaban J connectivity index is 2.00. The zero-order valence-electron chi connectivity index (χ0n) is 11.7. The average Bonchev–Trinajstić information content (AvgIpc) is 2.91. The molecule has 20 heavy (non-hydrogen) atoms. The van der Waals surface area contributed by atoms with Gasteiger partial charge in [-0.05, 0) is 32.6 Å². The number of nitrogens with zero attached hydrogens (tertiary/aromatic N) is 2. The van der Waals surface area contributed by atoms with Gasteiger partial charge in [-0.25, -0.2) is 4.79 Å². The lowest BCUT2D eigenvalue weighted by molar-refractivity contribution is -0.151. The minimum Gasteiger partial charge on any atom is -0.481 e. The molecule has 1 unspecified atom stereocenters. The molecule has 1 aromatic rings. The Kier molecular flexibility index (Phi) is 3.96. The molecule has 1 aliphatic rings. The number of carbonyl (C=O) groups excluding carboxylic acids is 1. The summed E-state index contributed by atoms with van der Waals surface area (Å²) in [7, 11) is 0. The van der Waals surface area contributed by atoms with E-state index >= 15 is 0 Å². The van der Waals surface area contributed by atoms with Gasteiger partial charge in [0.15, 0.2) is 0 Å². The maximum Gasteiger partial charge on any atom is 0.321 e. The van der Waals surface area contributed by atoms with Crippen molar-refractivity contribution in [1.82, 2.24) is 15.1 Å². The predicted octanol–water partition coefficient (Wildman–Crippen LogP) is 1.76. The van der Waals surface area contributed by atoms with Crippen LogP contribution in [-0.4, -0.2) is 45.3 Å². The Morgan fingerprint density at radius 3 is 2.90 bits per heavy atom. The molecule has 1 aromatic heterocycles. The molecule has 0 aromatic carbocycles. The van der Waals surface area contributed by atoms with Gasteiger partial charge in [-0.3, -0.25) is 9.89 Å². The van der Waals surface area contributed by atoms with Gasteiger partial charge >= 0.3 is 12.0 Å². The van der Waals surface area contributed by atoms with E-state index in [1.807, 2.05) is 0 Å². The van der Waals surface area contributed by atoms with E-state index in [1.54, 1.807) is 24.9 Å². The Labute approximate surface area is 117 Å². The van der Waals surface area contributed by atoms with Gasteiger partial charge in [-0.15, -0.1) is 0 Å². The number of amides is 2. The minimum absolute atomic E-state index is 0.0381. The van der Waals surface area contributed by atoms with Gasteiger partial charge in [0.2, 0.25) is 0 Å². The summed E-state index contributed by atoms with van der Waals surface area (Å²) >= 11 is 0. The highest BCUT2D eigenvalue weighted by Crippen LogP contribution is 2.34. The van der Waals surface area contributed by atoms with Crippen molar-refractivity contribution in [2.75, 3.05) is 18.4 Å². The molecule has 7 nitrogen and oxygen atoms in total. The molecule has 110 valence electrons. The number of rotatable bonds is 3. The van der Waals surface area contributed by atoms with E-state index in [-0.39, 0.29) is 11.9 Å². The van der Waals surface area contributed by atoms with Crippen molar-refractivity contribution in [3.8, 4) is 0 Å². The number of aromatic amines is 1. The smallest absolute Gasteiger partial charge is 0.321 e. The topological polar surface area (TPSA) is 98.3 Å². The first-order valence-electron chi connectivity index (χ1n) is 6.69. The van der Waals surface area contributed by atoms with Crippen molar-refractivity contribution in [2.24, 2.45) is 11.3 Å². The molecule has 2 heterocycles. The Morgan fingerprint density at radius 2 is 2.30 bits per heavy atom. The van der Waals surface area contributed by atoms with Crippen molar-refractivity contribution in [3.63, 3.8) is 0 Å². The molecule has 1 atom stereocenters. The molecular weight excluding hydrogens is 260 g/mol. The fourth-order valence-corrected chi connectivity index (χ4v) is 2.45. The summed E-state index contributed by atoms with van der Waals surface area (Å²) in [6.45, 7) is 4.55. The van der Waals surface area contributed by atoms with Crippen LogP contribution in [0.25, 0.3) is 0 Å². The zero-order valence-corrected chi connectivity index (χ0v) is 11.7. The molecule has 0 saturated carbocycles. The third-order valence-electron chi connectivity index (χ3n) is 4.03. The number of aliphatic carboxylic acids is 1. The van der Waals surface area contributed by atoms with Crippen LogP contribution < -0.4 is 5.32 Å². The van der Waals surface area contributed by atoms with Gasteiger partial charge in [0.1, 0.15) is 0 Å². The summed E-state index contributed by atoms with van der Waals surface area (Å²) in [4.78, 5) is 25.1. The van der Waals surface area contributed by atoms with E-state index in [1.165, 1.54) is 6.20 Å². The maximum atomic E-state index is 12.1. The zero-order chi connectivity index (χ0) is 14.8. The van der Waals surface area contributed by atoms with Crippen LogP contribution in [0, 0.1) is 11.3 Å². The van der Waals surface area contributed by atoms with Crippen LogP contribution in [0.4, 0.5) is 10.5 Å². The first-order chi connectivity index (χ1) is 9.41. The number of aromatic nitrogens is 2. The van der Waals surface area contributed by atoms with Crippen molar-refractivity contribution < 1.29 is 14.7 Å². The summed E-state index contributed by atoms with van der Waals surface area (Å²) in [5, 5.41) is 18.4. The lowest BCUT2D eigenvalue weighted by atomic mass is 9.74. The molecular formula is C13H20N4O3. The SMILES string of the molecule is CC(C)(C(=O)O)C1CCCN(C(=O)Nc2cn[nH]c2)C1. The number of carboxylic acid groups (broad SMARTS) is 1. The summed E-state index contributed by atoms with van der Waals surface area (Å²) in [6.07, 6.45) is 4.77. The number of H-pyrrole nitrogens is 1. The second-order valence-electron chi connectivity index (χ2n) is 5.73. The number of likely N-dealkylation sites (tertiary alicyclic amines) is 1. The lowest BCUT2D eigenvalue weighted by Crippen LogP contribution is -2.48. The standard InChI is InChI=1S/C13H20N4O3/c1-13(2,11(18)19)9-4-3-5-17(8-9)12(20)16-10-6-14-15-7-10/h6-7,9H,3-5,8H2,1-2H3,(H,14,15)(H,16,20)(H,18,19). The van der Waals surface area contributed by atoms with Crippen LogP contribution in [-0.2, 0) is 4.79 Å². The molecule has 1 saturated heterocycles. The number of urea groups is 1. The lowest BCUT2D eigenvalue weighted by Gasteiger charge is -2.39. The van der Waals surface area contributed by atoms with Crippen LogP contribution in [0.5, 0.6) is 0 Å². The second kappa shape index (κ2) is 5.52. The fraction of sp³-hybridized carbons (Fsp3) is 0.615. The molecule has 0 aliphatic carbocycles. The molecule has 2 amide bonds. The van der Waals surface area contributed by atoms with Crippen LogP contribution in [0.1, 0.15) is 26.7 Å². The van der Waals surface area contributed by atoms with Gasteiger partial charge in [0, 0.05) is 19.3 Å². The molecule has 0 radical (unpaired) electrons. The number of piperidine rings is 1. The summed E-state index contributed by atoms with van der Waals surface area (Å²) in [5.74, 6) is -0.858. The van der Waals surface area contributed by atoms with Crippen LogP contribution in [0.15, 0.2) is 12.4 Å². The van der Waals surface area contributed by atoms with E-state index in [2.05, 4.69) is 15.5 Å². The third kappa shape index (κ3) is 2.92. The second-order valence-corrected chi connectivity index (χ2v) is 5.73. The molecule has 2 rings (SSSR count).